The predicted octanol–water partition coefficient (Wildman–Crippen LogP) is 4.26. The number of alkyl halides is 9. The van der Waals surface area contributed by atoms with E-state index >= 15 is 0 Å². The highest BCUT2D eigenvalue weighted by Crippen LogP contribution is 3.07. The van der Waals surface area contributed by atoms with E-state index in [0.29, 0.717) is 0 Å². The summed E-state index contributed by atoms with van der Waals surface area (Å²) in [4.78, 5) is 1.21. The fraction of sp³-hybridized carbons (Fsp3) is 0.900. The molecular formula is C10HCl9O. The van der Waals surface area contributed by atoms with Gasteiger partial charge in [0.2, 0.25) is 0 Å². The zero-order valence-electron chi connectivity index (χ0n) is 8.89. The largest absolute Gasteiger partial charge is 0.295 e. The van der Waals surface area contributed by atoms with Crippen molar-refractivity contribution >= 4 is 110 Å². The average Bonchev–Trinajstić information content (AvgIpc) is 2.62. The summed E-state index contributed by atoms with van der Waals surface area (Å²) in [5.74, 6) is -1.40. The van der Waals surface area contributed by atoms with Crippen molar-refractivity contribution in [3.8, 4) is 0 Å². The van der Waals surface area contributed by atoms with Crippen LogP contribution in [0.2, 0.25) is 0 Å². The Morgan fingerprint density at radius 2 is 1.20 bits per heavy atom. The van der Waals surface area contributed by atoms with E-state index in [-0.39, 0.29) is 0 Å². The summed E-state index contributed by atoms with van der Waals surface area (Å²) >= 11 is 59.0. The van der Waals surface area contributed by atoms with Gasteiger partial charge < -0.3 is 0 Å². The van der Waals surface area contributed by atoms with Gasteiger partial charge in [0.15, 0.2) is 10.1 Å². The number of hydrogen-bond acceptors (Lipinski definition) is 1. The number of hydrogen-bond donors (Lipinski definition) is 0. The maximum atomic E-state index is 12.6. The highest BCUT2D eigenvalue weighted by Gasteiger charge is 3.26. The predicted molar refractivity (Wildman–Crippen MR) is 83.0 cm³/mol. The first-order valence-electron chi connectivity index (χ1n) is 5.52. The molecule has 0 saturated heterocycles. The van der Waals surface area contributed by atoms with Gasteiger partial charge in [0.25, 0.3) is 0 Å². The maximum Gasteiger partial charge on any atom is 0.180 e. The number of rotatable bonds is 0. The van der Waals surface area contributed by atoms with E-state index in [9.17, 15) is 4.79 Å². The summed E-state index contributed by atoms with van der Waals surface area (Å²) in [6.45, 7) is 0. The molecule has 0 aromatic carbocycles. The van der Waals surface area contributed by atoms with E-state index < -0.39 is 50.2 Å². The lowest BCUT2D eigenvalue weighted by atomic mass is 9.42. The molecule has 0 N–H and O–H groups in total. The van der Waals surface area contributed by atoms with Crippen molar-refractivity contribution < 1.29 is 4.79 Å². The molecule has 6 aliphatic rings. The van der Waals surface area contributed by atoms with E-state index in [1.807, 2.05) is 0 Å². The molecule has 0 aliphatic heterocycles. The van der Waals surface area contributed by atoms with E-state index in [2.05, 4.69) is 0 Å². The molecule has 6 rings (SSSR count). The van der Waals surface area contributed by atoms with Crippen LogP contribution in [0.4, 0.5) is 0 Å². The molecule has 10 heteroatoms. The van der Waals surface area contributed by atoms with Crippen molar-refractivity contribution in [2.45, 2.75) is 38.5 Å². The van der Waals surface area contributed by atoms with Crippen LogP contribution in [-0.4, -0.2) is 44.2 Å². The lowest BCUT2D eigenvalue weighted by Crippen LogP contribution is -2.98. The number of carbonyl (C=O) groups excluding carboxylic acids is 1. The van der Waals surface area contributed by atoms with Gasteiger partial charge in [-0.3, -0.25) is 4.79 Å². The second-order valence-corrected chi connectivity index (χ2v) is 11.5. The second-order valence-electron chi connectivity index (χ2n) is 6.11. The summed E-state index contributed by atoms with van der Waals surface area (Å²) in [5, 5.41) is 0. The lowest BCUT2D eigenvalue weighted by molar-refractivity contribution is -0.122. The molecule has 0 amide bonds. The molecule has 0 aromatic rings. The van der Waals surface area contributed by atoms with E-state index in [1.54, 1.807) is 0 Å². The van der Waals surface area contributed by atoms with Gasteiger partial charge >= 0.3 is 0 Å². The Hall–Kier alpha value is 2.28. The molecule has 0 spiro atoms. The summed E-state index contributed by atoms with van der Waals surface area (Å²) in [7, 11) is 0. The SMILES string of the molecule is O=C1C2(Cl)C3C4(Cl)C(Cl)(Cl)C5(Cl)C3(Cl)C1(Cl)C5(Cl)C24Cl. The van der Waals surface area contributed by atoms with Gasteiger partial charge in [-0.05, 0) is 0 Å². The second kappa shape index (κ2) is 2.76. The van der Waals surface area contributed by atoms with Crippen LogP contribution in [0.1, 0.15) is 0 Å². The minimum Gasteiger partial charge on any atom is -0.295 e. The van der Waals surface area contributed by atoms with E-state index in [0.717, 1.165) is 0 Å². The summed E-state index contributed by atoms with van der Waals surface area (Å²) in [6, 6.07) is 0. The van der Waals surface area contributed by atoms with E-state index in [4.69, 9.17) is 104 Å². The van der Waals surface area contributed by atoms with Crippen LogP contribution < -0.4 is 0 Å². The Morgan fingerprint density at radius 3 is 1.70 bits per heavy atom. The Balaban J connectivity index is 2.04. The first-order chi connectivity index (χ1) is 8.77. The Labute approximate surface area is 158 Å². The highest BCUT2D eigenvalue weighted by atomic mass is 35.5. The van der Waals surface area contributed by atoms with Gasteiger partial charge in [0.1, 0.15) is 34.1 Å². The molecule has 4 bridgehead atoms. The van der Waals surface area contributed by atoms with Crippen molar-refractivity contribution in [1.29, 1.82) is 0 Å². The van der Waals surface area contributed by atoms with Crippen molar-refractivity contribution in [2.75, 3.05) is 0 Å². The number of Topliss-reactive ketones (excluding diaryl/α,β-unsaturated/α-hetero) is 1. The molecule has 0 heterocycles. The molecule has 6 aliphatic carbocycles. The van der Waals surface area contributed by atoms with Crippen LogP contribution in [0.5, 0.6) is 0 Å². The quantitative estimate of drug-likeness (QED) is 0.499. The standard InChI is InChI=1S/C10HCl9O/c11-3-1-4(12)6(14,2(3)20)8(16)7(3,15)5(1,13)10(18,19)9(4,8)17/h1H. The molecule has 6 saturated carbocycles. The molecule has 8 unspecified atom stereocenters. The Kier molecular flexibility index (Phi) is 2.02. The van der Waals surface area contributed by atoms with Crippen molar-refractivity contribution in [3.05, 3.63) is 0 Å². The van der Waals surface area contributed by atoms with Crippen molar-refractivity contribution in [2.24, 2.45) is 5.92 Å². The first-order valence-corrected chi connectivity index (χ1v) is 8.92. The van der Waals surface area contributed by atoms with Crippen molar-refractivity contribution in [1.82, 2.24) is 0 Å². The minimum absolute atomic E-state index is 0.547. The molecule has 6 fully saturated rings. The summed E-state index contributed by atoms with van der Waals surface area (Å²) in [6.07, 6.45) is 0. The fourth-order valence-corrected chi connectivity index (χ4v) is 13.0. The maximum absolute atomic E-state index is 12.6. The molecule has 20 heavy (non-hydrogen) atoms. The van der Waals surface area contributed by atoms with Crippen molar-refractivity contribution in [3.63, 3.8) is 0 Å². The van der Waals surface area contributed by atoms with Crippen LogP contribution in [0.15, 0.2) is 0 Å². The topological polar surface area (TPSA) is 17.1 Å². The Bertz CT molecular complexity index is 682. The van der Waals surface area contributed by atoms with Crippen LogP contribution in [0, 0.1) is 5.92 Å². The van der Waals surface area contributed by atoms with Gasteiger partial charge in [-0.2, -0.15) is 0 Å². The number of carbonyl (C=O) groups is 1. The number of halogens is 9. The third kappa shape index (κ3) is 0.587. The summed E-state index contributed by atoms with van der Waals surface area (Å²) in [5.41, 5.74) is 0. The van der Waals surface area contributed by atoms with Crippen LogP contribution in [0.3, 0.4) is 0 Å². The third-order valence-corrected chi connectivity index (χ3v) is 14.0. The highest BCUT2D eigenvalue weighted by molar-refractivity contribution is 6.79. The average molecular weight is 456 g/mol. The monoisotopic (exact) mass is 452 g/mol. The molecule has 1 nitrogen and oxygen atoms in total. The van der Waals surface area contributed by atoms with Gasteiger partial charge in [-0.1, -0.05) is 23.2 Å². The molecule has 110 valence electrons. The first kappa shape index (κ1) is 14.6. The van der Waals surface area contributed by atoms with Gasteiger partial charge in [0.05, 0.1) is 0 Å². The number of ketones is 1. The van der Waals surface area contributed by atoms with Gasteiger partial charge in [-0.25, -0.2) is 0 Å². The lowest BCUT2D eigenvalue weighted by Gasteiger charge is -2.77. The zero-order chi connectivity index (χ0) is 15.2. The molecule has 0 aromatic heterocycles. The third-order valence-electron chi connectivity index (χ3n) is 6.16. The molecule has 0 radical (unpaired) electrons. The Morgan fingerprint density at radius 1 is 0.700 bits per heavy atom. The summed E-state index contributed by atoms with van der Waals surface area (Å²) < 4.78 is -1.77. The van der Waals surface area contributed by atoms with Gasteiger partial charge in [-0.15, -0.1) is 81.2 Å². The van der Waals surface area contributed by atoms with Crippen LogP contribution in [0.25, 0.3) is 0 Å². The zero-order valence-corrected chi connectivity index (χ0v) is 15.7. The van der Waals surface area contributed by atoms with E-state index in [1.165, 1.54) is 0 Å². The molecule has 8 atom stereocenters. The normalized spacial score (nSPS) is 80.7. The fourth-order valence-electron chi connectivity index (χ4n) is 5.65. The van der Waals surface area contributed by atoms with Crippen LogP contribution in [-0.2, 0) is 4.79 Å². The smallest absolute Gasteiger partial charge is 0.180 e. The van der Waals surface area contributed by atoms with Gasteiger partial charge in [0, 0.05) is 5.92 Å². The molecular weight excluding hydrogens is 455 g/mol. The minimum atomic E-state index is -1.77. The van der Waals surface area contributed by atoms with Crippen LogP contribution >= 0.6 is 104 Å².